The number of nitrogens with one attached hydrogen (secondary N) is 2. The number of nitrogens with zero attached hydrogens (tertiary/aromatic N) is 2. The van der Waals surface area contributed by atoms with Crippen LogP contribution < -0.4 is 10.6 Å². The molecule has 2 N–H and O–H groups in total. The van der Waals surface area contributed by atoms with E-state index < -0.39 is 0 Å². The molecule has 0 saturated heterocycles. The first-order valence-electron chi connectivity index (χ1n) is 7.10. The molecule has 0 aliphatic carbocycles. The second-order valence-corrected chi connectivity index (χ2v) is 4.93. The summed E-state index contributed by atoms with van der Waals surface area (Å²) < 4.78 is 12.8. The number of benzene rings is 1. The minimum Gasteiger partial charge on any atom is -0.356 e. The van der Waals surface area contributed by atoms with Gasteiger partial charge in [-0.05, 0) is 24.1 Å². The zero-order valence-electron chi connectivity index (χ0n) is 13.1. The number of halogens is 1. The smallest absolute Gasteiger partial charge is 0.243 e. The third kappa shape index (κ3) is 6.88. The Morgan fingerprint density at radius 3 is 2.59 bits per heavy atom. The number of guanidine groups is 1. The van der Waals surface area contributed by atoms with Gasteiger partial charge in [0.15, 0.2) is 5.96 Å². The van der Waals surface area contributed by atoms with E-state index in [4.69, 9.17) is 0 Å². The molecule has 0 unspecified atom stereocenters. The lowest BCUT2D eigenvalue weighted by molar-refractivity contribution is -0.127. The van der Waals surface area contributed by atoms with Crippen LogP contribution in [0.1, 0.15) is 5.56 Å². The summed E-state index contributed by atoms with van der Waals surface area (Å²) in [5, 5.41) is 6.19. The van der Waals surface area contributed by atoms with Crippen molar-refractivity contribution in [3.8, 4) is 0 Å². The summed E-state index contributed by atoms with van der Waals surface area (Å²) in [6.07, 6.45) is 2.45. The minimum absolute atomic E-state index is 0.0711. The number of aliphatic imine (C=N–C) groups is 1. The Balaban J connectivity index is 2.49. The molecule has 1 aromatic rings. The SMILES string of the molecule is C=CCNC(=NCC(=O)N(C)C)NCCc1ccc(F)cc1. The molecule has 1 amide bonds. The van der Waals surface area contributed by atoms with Crippen molar-refractivity contribution in [2.24, 2.45) is 4.99 Å². The second-order valence-electron chi connectivity index (χ2n) is 4.93. The molecule has 0 fully saturated rings. The average molecular weight is 306 g/mol. The molecule has 0 spiro atoms. The van der Waals surface area contributed by atoms with E-state index in [0.717, 1.165) is 12.0 Å². The third-order valence-corrected chi connectivity index (χ3v) is 2.90. The highest BCUT2D eigenvalue weighted by Gasteiger charge is 2.04. The first-order valence-corrected chi connectivity index (χ1v) is 7.10. The third-order valence-electron chi connectivity index (χ3n) is 2.90. The van der Waals surface area contributed by atoms with Crippen molar-refractivity contribution in [3.63, 3.8) is 0 Å². The van der Waals surface area contributed by atoms with Gasteiger partial charge in [0.05, 0.1) is 0 Å². The Hall–Kier alpha value is -2.37. The van der Waals surface area contributed by atoms with E-state index in [0.29, 0.717) is 19.0 Å². The molecule has 5 nitrogen and oxygen atoms in total. The summed E-state index contributed by atoms with van der Waals surface area (Å²) in [4.78, 5) is 17.3. The highest BCUT2D eigenvalue weighted by Crippen LogP contribution is 2.02. The second kappa shape index (κ2) is 9.55. The van der Waals surface area contributed by atoms with Crippen LogP contribution in [-0.4, -0.2) is 50.5 Å². The number of carbonyl (C=O) groups excluding carboxylic acids is 1. The first kappa shape index (κ1) is 17.7. The fourth-order valence-electron chi connectivity index (χ4n) is 1.61. The molecule has 22 heavy (non-hydrogen) atoms. The molecule has 0 saturated carbocycles. The molecule has 120 valence electrons. The van der Waals surface area contributed by atoms with E-state index in [9.17, 15) is 9.18 Å². The zero-order valence-corrected chi connectivity index (χ0v) is 13.1. The van der Waals surface area contributed by atoms with Gasteiger partial charge in [-0.3, -0.25) is 4.79 Å². The fraction of sp³-hybridized carbons (Fsp3) is 0.375. The predicted octanol–water partition coefficient (Wildman–Crippen LogP) is 1.18. The summed E-state index contributed by atoms with van der Waals surface area (Å²) in [5.41, 5.74) is 1.03. The number of hydrogen-bond acceptors (Lipinski definition) is 2. The van der Waals surface area contributed by atoms with Crippen LogP contribution in [0.5, 0.6) is 0 Å². The average Bonchev–Trinajstić information content (AvgIpc) is 2.50. The minimum atomic E-state index is -0.242. The van der Waals surface area contributed by atoms with Gasteiger partial charge >= 0.3 is 0 Å². The zero-order chi connectivity index (χ0) is 16.4. The maximum absolute atomic E-state index is 12.8. The molecule has 6 heteroatoms. The summed E-state index contributed by atoms with van der Waals surface area (Å²) in [5.74, 6) is 0.240. The van der Waals surface area contributed by atoms with Crippen LogP contribution in [0.2, 0.25) is 0 Å². The largest absolute Gasteiger partial charge is 0.356 e. The maximum atomic E-state index is 12.8. The van der Waals surface area contributed by atoms with Crippen molar-refractivity contribution in [3.05, 3.63) is 48.3 Å². The maximum Gasteiger partial charge on any atom is 0.243 e. The van der Waals surface area contributed by atoms with E-state index in [1.807, 2.05) is 0 Å². The van der Waals surface area contributed by atoms with Crippen molar-refractivity contribution < 1.29 is 9.18 Å². The van der Waals surface area contributed by atoms with Crippen molar-refractivity contribution in [2.75, 3.05) is 33.7 Å². The number of amides is 1. The Kier molecular flexibility index (Phi) is 7.67. The Labute approximate surface area is 130 Å². The van der Waals surface area contributed by atoms with Crippen molar-refractivity contribution in [1.82, 2.24) is 15.5 Å². The molecule has 0 aromatic heterocycles. The lowest BCUT2D eigenvalue weighted by Gasteiger charge is -2.12. The number of rotatable bonds is 7. The molecule has 0 aliphatic heterocycles. The van der Waals surface area contributed by atoms with Gasteiger partial charge in [-0.1, -0.05) is 18.2 Å². The van der Waals surface area contributed by atoms with Crippen LogP contribution in [0.4, 0.5) is 4.39 Å². The van der Waals surface area contributed by atoms with Gasteiger partial charge in [0, 0.05) is 27.2 Å². The van der Waals surface area contributed by atoms with Crippen LogP contribution in [-0.2, 0) is 11.2 Å². The van der Waals surface area contributed by atoms with Crippen LogP contribution in [0.15, 0.2) is 41.9 Å². The Morgan fingerprint density at radius 2 is 2.00 bits per heavy atom. The predicted molar refractivity (Wildman–Crippen MR) is 87.3 cm³/mol. The van der Waals surface area contributed by atoms with E-state index in [2.05, 4.69) is 22.2 Å². The summed E-state index contributed by atoms with van der Waals surface area (Å²) in [6.45, 7) is 4.90. The van der Waals surface area contributed by atoms with Gasteiger partial charge in [-0.15, -0.1) is 6.58 Å². The highest BCUT2D eigenvalue weighted by molar-refractivity contribution is 5.84. The van der Waals surface area contributed by atoms with E-state index in [-0.39, 0.29) is 18.3 Å². The molecular formula is C16H23FN4O. The van der Waals surface area contributed by atoms with E-state index in [1.54, 1.807) is 32.3 Å². The summed E-state index contributed by atoms with van der Waals surface area (Å²) in [6, 6.07) is 6.38. The van der Waals surface area contributed by atoms with E-state index in [1.165, 1.54) is 17.0 Å². The monoisotopic (exact) mass is 306 g/mol. The van der Waals surface area contributed by atoms with Gasteiger partial charge in [0.1, 0.15) is 12.4 Å². The molecule has 0 atom stereocenters. The Morgan fingerprint density at radius 1 is 1.32 bits per heavy atom. The lowest BCUT2D eigenvalue weighted by atomic mass is 10.1. The number of hydrogen-bond donors (Lipinski definition) is 2. The summed E-state index contributed by atoms with van der Waals surface area (Å²) in [7, 11) is 3.38. The van der Waals surface area contributed by atoms with E-state index >= 15 is 0 Å². The lowest BCUT2D eigenvalue weighted by Crippen LogP contribution is -2.39. The van der Waals surface area contributed by atoms with Crippen LogP contribution >= 0.6 is 0 Å². The van der Waals surface area contributed by atoms with Gasteiger partial charge in [-0.2, -0.15) is 0 Å². The number of carbonyl (C=O) groups is 1. The van der Waals surface area contributed by atoms with Crippen LogP contribution in [0.3, 0.4) is 0 Å². The molecule has 0 bridgehead atoms. The molecule has 1 aromatic carbocycles. The van der Waals surface area contributed by atoms with Crippen molar-refractivity contribution in [1.29, 1.82) is 0 Å². The van der Waals surface area contributed by atoms with Gasteiger partial charge in [0.2, 0.25) is 5.91 Å². The van der Waals surface area contributed by atoms with Crippen LogP contribution in [0.25, 0.3) is 0 Å². The first-order chi connectivity index (χ1) is 10.5. The van der Waals surface area contributed by atoms with Crippen molar-refractivity contribution >= 4 is 11.9 Å². The number of likely N-dealkylation sites (N-methyl/N-ethyl adjacent to an activating group) is 1. The standard InChI is InChI=1S/C16H23FN4O/c1-4-10-18-16(20-12-15(22)21(2)3)19-11-9-13-5-7-14(17)8-6-13/h4-8H,1,9-12H2,2-3H3,(H2,18,19,20). The van der Waals surface area contributed by atoms with Gasteiger partial charge < -0.3 is 15.5 Å². The topological polar surface area (TPSA) is 56.7 Å². The molecule has 0 heterocycles. The van der Waals surface area contributed by atoms with Crippen LogP contribution in [0, 0.1) is 5.82 Å². The normalized spacial score (nSPS) is 11.0. The molecule has 0 radical (unpaired) electrons. The van der Waals surface area contributed by atoms with Crippen molar-refractivity contribution in [2.45, 2.75) is 6.42 Å². The quantitative estimate of drug-likeness (QED) is 0.452. The van der Waals surface area contributed by atoms with Gasteiger partial charge in [0.25, 0.3) is 0 Å². The molecular weight excluding hydrogens is 283 g/mol. The molecule has 0 aliphatic rings. The molecule has 1 rings (SSSR count). The summed E-state index contributed by atoms with van der Waals surface area (Å²) >= 11 is 0. The van der Waals surface area contributed by atoms with Gasteiger partial charge in [-0.25, -0.2) is 9.38 Å². The fourth-order valence-corrected chi connectivity index (χ4v) is 1.61. The highest BCUT2D eigenvalue weighted by atomic mass is 19.1. The Bertz CT molecular complexity index is 511.